The summed E-state index contributed by atoms with van der Waals surface area (Å²) >= 11 is 0. The first-order valence-electron chi connectivity index (χ1n) is 10.2. The Kier molecular flexibility index (Phi) is 6.47. The van der Waals surface area contributed by atoms with Crippen LogP contribution in [0.1, 0.15) is 17.5 Å². The molecule has 0 aliphatic carbocycles. The lowest BCUT2D eigenvalue weighted by atomic mass is 10.1. The van der Waals surface area contributed by atoms with E-state index < -0.39 is 0 Å². The maximum atomic E-state index is 9.64. The molecule has 2 heterocycles. The molecule has 0 spiro atoms. The molecule has 0 amide bonds. The summed E-state index contributed by atoms with van der Waals surface area (Å²) in [5.74, 6) is 1.58. The molecule has 0 radical (unpaired) electrons. The van der Waals surface area contributed by atoms with Gasteiger partial charge in [-0.3, -0.25) is 9.80 Å². The molecule has 8 heteroatoms. The number of ether oxygens (including phenoxy) is 2. The lowest BCUT2D eigenvalue weighted by Crippen LogP contribution is -2.52. The summed E-state index contributed by atoms with van der Waals surface area (Å²) in [6, 6.07) is 12.2. The average Bonchev–Trinajstić information content (AvgIpc) is 3.25. The van der Waals surface area contributed by atoms with Crippen molar-refractivity contribution in [1.82, 2.24) is 20.1 Å². The fourth-order valence-corrected chi connectivity index (χ4v) is 4.15. The Bertz CT molecular complexity index is 954. The van der Waals surface area contributed by atoms with E-state index in [9.17, 15) is 5.11 Å². The van der Waals surface area contributed by atoms with Crippen LogP contribution in [0.5, 0.6) is 11.5 Å². The highest BCUT2D eigenvalue weighted by molar-refractivity contribution is 5.76. The second-order valence-corrected chi connectivity index (χ2v) is 7.64. The second kappa shape index (κ2) is 9.42. The van der Waals surface area contributed by atoms with Crippen molar-refractivity contribution in [3.63, 3.8) is 0 Å². The van der Waals surface area contributed by atoms with Gasteiger partial charge >= 0.3 is 0 Å². The Morgan fingerprint density at radius 3 is 2.60 bits per heavy atom. The van der Waals surface area contributed by atoms with Gasteiger partial charge in [-0.2, -0.15) is 0 Å². The van der Waals surface area contributed by atoms with E-state index in [0.717, 1.165) is 72.8 Å². The monoisotopic (exact) mass is 412 g/mol. The number of hydrogen-bond acceptors (Lipinski definition) is 8. The van der Waals surface area contributed by atoms with Crippen LogP contribution in [0.3, 0.4) is 0 Å². The third-order valence-electron chi connectivity index (χ3n) is 5.71. The van der Waals surface area contributed by atoms with E-state index >= 15 is 0 Å². The van der Waals surface area contributed by atoms with E-state index in [-0.39, 0.29) is 12.6 Å². The number of methoxy groups -OCH3 is 2. The van der Waals surface area contributed by atoms with Crippen LogP contribution in [0.2, 0.25) is 0 Å². The molecule has 30 heavy (non-hydrogen) atoms. The fourth-order valence-electron chi connectivity index (χ4n) is 4.15. The molecule has 160 valence electrons. The summed E-state index contributed by atoms with van der Waals surface area (Å²) in [7, 11) is 3.33. The molecule has 1 N–H and O–H groups in total. The first kappa shape index (κ1) is 20.6. The van der Waals surface area contributed by atoms with E-state index in [4.69, 9.17) is 14.1 Å². The molecular weight excluding hydrogens is 384 g/mol. The fraction of sp³-hybridized carbons (Fsp3) is 0.455. The highest BCUT2D eigenvalue weighted by Crippen LogP contribution is 2.26. The van der Waals surface area contributed by atoms with Crippen molar-refractivity contribution < 1.29 is 19.2 Å². The van der Waals surface area contributed by atoms with Crippen molar-refractivity contribution in [3.05, 3.63) is 47.5 Å². The molecule has 0 bridgehead atoms. The normalized spacial score (nSPS) is 18.0. The zero-order valence-corrected chi connectivity index (χ0v) is 17.5. The molecule has 2 aromatic carbocycles. The summed E-state index contributed by atoms with van der Waals surface area (Å²) in [5.41, 5.74) is 3.86. The van der Waals surface area contributed by atoms with Gasteiger partial charge in [-0.25, -0.2) is 4.63 Å². The number of rotatable bonds is 8. The van der Waals surface area contributed by atoms with E-state index in [0.29, 0.717) is 0 Å². The lowest BCUT2D eigenvalue weighted by Gasteiger charge is -2.41. The van der Waals surface area contributed by atoms with Crippen LogP contribution in [0.4, 0.5) is 0 Å². The standard InChI is InChI=1S/C22H28N4O4/c1-28-19-10-16(11-20(12-19)29-2)13-26-8-7-25(15-18(26)6-9-27)14-17-4-3-5-21-22(17)24-30-23-21/h3-5,10-12,18,27H,6-9,13-15H2,1-2H3/t18-/m0/s1. The molecule has 1 fully saturated rings. The number of piperazine rings is 1. The number of benzene rings is 2. The van der Waals surface area contributed by atoms with Crippen molar-refractivity contribution in [2.75, 3.05) is 40.5 Å². The minimum Gasteiger partial charge on any atom is -0.497 e. The molecule has 0 unspecified atom stereocenters. The topological polar surface area (TPSA) is 84.1 Å². The SMILES string of the molecule is COc1cc(CN2CCN(Cc3cccc4nonc34)C[C@@H]2CCO)cc(OC)c1. The minimum absolute atomic E-state index is 0.166. The van der Waals surface area contributed by atoms with Crippen molar-refractivity contribution in [2.24, 2.45) is 0 Å². The van der Waals surface area contributed by atoms with Gasteiger partial charge in [0.15, 0.2) is 0 Å². The zero-order chi connectivity index (χ0) is 20.9. The van der Waals surface area contributed by atoms with Gasteiger partial charge in [0.05, 0.1) is 14.2 Å². The molecule has 1 aromatic heterocycles. The van der Waals surface area contributed by atoms with Gasteiger partial charge in [-0.15, -0.1) is 0 Å². The summed E-state index contributed by atoms with van der Waals surface area (Å²) in [6.45, 7) is 4.47. The molecule has 1 aliphatic rings. The van der Waals surface area contributed by atoms with Crippen molar-refractivity contribution >= 4 is 11.0 Å². The molecule has 1 saturated heterocycles. The summed E-state index contributed by atoms with van der Waals surface area (Å²) < 4.78 is 15.7. The number of aromatic nitrogens is 2. The number of nitrogens with zero attached hydrogens (tertiary/aromatic N) is 4. The van der Waals surface area contributed by atoms with Crippen LogP contribution in [0, 0.1) is 0 Å². The van der Waals surface area contributed by atoms with Crippen molar-refractivity contribution in [3.8, 4) is 11.5 Å². The Balaban J connectivity index is 1.46. The van der Waals surface area contributed by atoms with Crippen molar-refractivity contribution in [1.29, 1.82) is 0 Å². The quantitative estimate of drug-likeness (QED) is 0.603. The first-order chi connectivity index (χ1) is 14.7. The summed E-state index contributed by atoms with van der Waals surface area (Å²) in [6.07, 6.45) is 0.729. The van der Waals surface area contributed by atoms with Crippen LogP contribution in [-0.4, -0.2) is 71.7 Å². The van der Waals surface area contributed by atoms with Gasteiger partial charge in [-0.1, -0.05) is 12.1 Å². The smallest absolute Gasteiger partial charge is 0.139 e. The molecule has 8 nitrogen and oxygen atoms in total. The minimum atomic E-state index is 0.166. The summed E-state index contributed by atoms with van der Waals surface area (Å²) in [4.78, 5) is 4.84. The molecule has 0 saturated carbocycles. The number of aliphatic hydroxyl groups excluding tert-OH is 1. The maximum Gasteiger partial charge on any atom is 0.139 e. The van der Waals surface area contributed by atoms with Crippen LogP contribution >= 0.6 is 0 Å². The molecule has 1 atom stereocenters. The highest BCUT2D eigenvalue weighted by atomic mass is 16.6. The van der Waals surface area contributed by atoms with Crippen LogP contribution in [0.25, 0.3) is 11.0 Å². The molecule has 4 rings (SSSR count). The first-order valence-corrected chi connectivity index (χ1v) is 10.2. The van der Waals surface area contributed by atoms with Crippen LogP contribution in [-0.2, 0) is 13.1 Å². The van der Waals surface area contributed by atoms with Gasteiger partial charge in [0.1, 0.15) is 22.5 Å². The van der Waals surface area contributed by atoms with Gasteiger partial charge in [0.2, 0.25) is 0 Å². The number of fused-ring (bicyclic) bond motifs is 1. The molecule has 3 aromatic rings. The highest BCUT2D eigenvalue weighted by Gasteiger charge is 2.27. The van der Waals surface area contributed by atoms with E-state index in [1.165, 1.54) is 0 Å². The van der Waals surface area contributed by atoms with Gasteiger partial charge in [-0.05, 0) is 46.1 Å². The predicted octanol–water partition coefficient (Wildman–Crippen LogP) is 2.31. The van der Waals surface area contributed by atoms with Gasteiger partial charge in [0, 0.05) is 51.4 Å². The maximum absolute atomic E-state index is 9.64. The van der Waals surface area contributed by atoms with Gasteiger partial charge in [0.25, 0.3) is 0 Å². The molecule has 1 aliphatic heterocycles. The van der Waals surface area contributed by atoms with Gasteiger partial charge < -0.3 is 14.6 Å². The Labute approximate surface area is 175 Å². The van der Waals surface area contributed by atoms with E-state index in [2.05, 4.69) is 26.2 Å². The number of hydrogen-bond donors (Lipinski definition) is 1. The van der Waals surface area contributed by atoms with Crippen molar-refractivity contribution in [2.45, 2.75) is 25.6 Å². The summed E-state index contributed by atoms with van der Waals surface area (Å²) in [5, 5.41) is 17.6. The lowest BCUT2D eigenvalue weighted by molar-refractivity contribution is 0.0500. The third kappa shape index (κ3) is 4.56. The largest absolute Gasteiger partial charge is 0.497 e. The second-order valence-electron chi connectivity index (χ2n) is 7.64. The number of aliphatic hydroxyl groups is 1. The molecular formula is C22H28N4O4. The predicted molar refractivity (Wildman–Crippen MR) is 113 cm³/mol. The van der Waals surface area contributed by atoms with Crippen LogP contribution < -0.4 is 9.47 Å². The Morgan fingerprint density at radius 1 is 1.07 bits per heavy atom. The van der Waals surface area contributed by atoms with E-state index in [1.54, 1.807) is 14.2 Å². The van der Waals surface area contributed by atoms with E-state index in [1.807, 2.05) is 30.3 Å². The Morgan fingerprint density at radius 2 is 1.87 bits per heavy atom. The average molecular weight is 412 g/mol. The third-order valence-corrected chi connectivity index (χ3v) is 5.71. The Hall–Kier alpha value is -2.68. The van der Waals surface area contributed by atoms with Crippen LogP contribution in [0.15, 0.2) is 41.0 Å². The zero-order valence-electron chi connectivity index (χ0n) is 17.5.